The molecule has 1 saturated heterocycles. The van der Waals surface area contributed by atoms with Crippen LogP contribution in [0, 0.1) is 0 Å². The Bertz CT molecular complexity index is 661. The van der Waals surface area contributed by atoms with E-state index >= 15 is 0 Å². The van der Waals surface area contributed by atoms with E-state index in [4.69, 9.17) is 4.98 Å². The fourth-order valence-corrected chi connectivity index (χ4v) is 3.53. The van der Waals surface area contributed by atoms with Gasteiger partial charge in [0.15, 0.2) is 0 Å². The second kappa shape index (κ2) is 7.47. The minimum Gasteiger partial charge on any atom is -0.348 e. The van der Waals surface area contributed by atoms with Gasteiger partial charge in [-0.15, -0.1) is 0 Å². The van der Waals surface area contributed by atoms with Gasteiger partial charge in [0.25, 0.3) is 0 Å². The quantitative estimate of drug-likeness (QED) is 0.804. The standard InChI is InChI=1S/C18H27N5O2/c1-13(24)23-7-4-5-14(11-23)18-19-9-15-10-22(8-6-16(15)20-18)12-17(25)21(2)3/h9,14H,4-8,10-12H2,1-3H3/t14-/m0/s1. The van der Waals surface area contributed by atoms with Crippen LogP contribution in [0.15, 0.2) is 6.20 Å². The molecule has 1 fully saturated rings. The molecule has 136 valence electrons. The third-order valence-corrected chi connectivity index (χ3v) is 5.12. The van der Waals surface area contributed by atoms with E-state index in [9.17, 15) is 9.59 Å². The van der Waals surface area contributed by atoms with Crippen LogP contribution in [0.5, 0.6) is 0 Å². The Morgan fingerprint density at radius 3 is 2.84 bits per heavy atom. The lowest BCUT2D eigenvalue weighted by atomic mass is 9.96. The molecule has 7 nitrogen and oxygen atoms in total. The fourth-order valence-electron chi connectivity index (χ4n) is 3.53. The number of hydrogen-bond donors (Lipinski definition) is 0. The van der Waals surface area contributed by atoms with Gasteiger partial charge in [0.1, 0.15) is 5.82 Å². The number of carbonyl (C=O) groups excluding carboxylic acids is 2. The zero-order valence-corrected chi connectivity index (χ0v) is 15.4. The monoisotopic (exact) mass is 345 g/mol. The van der Waals surface area contributed by atoms with Gasteiger partial charge >= 0.3 is 0 Å². The summed E-state index contributed by atoms with van der Waals surface area (Å²) >= 11 is 0. The van der Waals surface area contributed by atoms with Crippen molar-refractivity contribution < 1.29 is 9.59 Å². The first-order valence-corrected chi connectivity index (χ1v) is 8.96. The number of hydrogen-bond acceptors (Lipinski definition) is 5. The first-order valence-electron chi connectivity index (χ1n) is 8.96. The summed E-state index contributed by atoms with van der Waals surface area (Å²) in [6.07, 6.45) is 4.79. The molecule has 0 unspecified atom stereocenters. The molecule has 0 bridgehead atoms. The van der Waals surface area contributed by atoms with Gasteiger partial charge in [-0.05, 0) is 12.8 Å². The molecule has 7 heteroatoms. The van der Waals surface area contributed by atoms with Crippen LogP contribution in [0.1, 0.15) is 42.8 Å². The van der Waals surface area contributed by atoms with E-state index in [0.717, 1.165) is 62.5 Å². The molecule has 1 aromatic heterocycles. The maximum absolute atomic E-state index is 11.9. The molecule has 2 amide bonds. The second-order valence-corrected chi connectivity index (χ2v) is 7.25. The van der Waals surface area contributed by atoms with Gasteiger partial charge in [0.05, 0.1) is 6.54 Å². The molecule has 25 heavy (non-hydrogen) atoms. The smallest absolute Gasteiger partial charge is 0.236 e. The van der Waals surface area contributed by atoms with Gasteiger partial charge < -0.3 is 9.80 Å². The zero-order valence-electron chi connectivity index (χ0n) is 15.4. The molecule has 1 aromatic rings. The van der Waals surface area contributed by atoms with Crippen molar-refractivity contribution in [2.75, 3.05) is 40.3 Å². The SMILES string of the molecule is CC(=O)N1CCC[C@H](c2ncc3c(n2)CCN(CC(=O)N(C)C)C3)C1. The second-order valence-electron chi connectivity index (χ2n) is 7.25. The molecular formula is C18H27N5O2. The van der Waals surface area contributed by atoms with Crippen LogP contribution in [-0.2, 0) is 22.6 Å². The van der Waals surface area contributed by atoms with Crippen LogP contribution in [-0.4, -0.2) is 76.8 Å². The van der Waals surface area contributed by atoms with E-state index < -0.39 is 0 Å². The number of piperidine rings is 1. The molecule has 3 rings (SSSR count). The predicted octanol–water partition coefficient (Wildman–Crippen LogP) is 0.649. The molecule has 0 spiro atoms. The van der Waals surface area contributed by atoms with Crippen molar-refractivity contribution in [1.29, 1.82) is 0 Å². The van der Waals surface area contributed by atoms with Crippen LogP contribution in [0.4, 0.5) is 0 Å². The summed E-state index contributed by atoms with van der Waals surface area (Å²) in [6.45, 7) is 5.18. The lowest BCUT2D eigenvalue weighted by Crippen LogP contribution is -2.40. The number of rotatable bonds is 3. The number of fused-ring (bicyclic) bond motifs is 1. The van der Waals surface area contributed by atoms with Gasteiger partial charge in [-0.1, -0.05) is 0 Å². The van der Waals surface area contributed by atoms with Crippen LogP contribution in [0.25, 0.3) is 0 Å². The molecule has 2 aliphatic rings. The Balaban J connectivity index is 1.67. The van der Waals surface area contributed by atoms with Crippen molar-refractivity contribution >= 4 is 11.8 Å². The zero-order chi connectivity index (χ0) is 18.0. The Morgan fingerprint density at radius 2 is 2.12 bits per heavy atom. The third kappa shape index (κ3) is 4.15. The maximum atomic E-state index is 11.9. The lowest BCUT2D eigenvalue weighted by molar-refractivity contribution is -0.130. The van der Waals surface area contributed by atoms with Gasteiger partial charge in [0, 0.05) is 77.0 Å². The molecule has 2 aliphatic heterocycles. The van der Waals surface area contributed by atoms with Gasteiger partial charge in [-0.25, -0.2) is 9.97 Å². The molecule has 0 aliphatic carbocycles. The van der Waals surface area contributed by atoms with Crippen molar-refractivity contribution in [3.63, 3.8) is 0 Å². The molecule has 0 radical (unpaired) electrons. The summed E-state index contributed by atoms with van der Waals surface area (Å²) in [4.78, 5) is 38.6. The predicted molar refractivity (Wildman–Crippen MR) is 93.9 cm³/mol. The summed E-state index contributed by atoms with van der Waals surface area (Å²) < 4.78 is 0. The van der Waals surface area contributed by atoms with E-state index in [-0.39, 0.29) is 17.7 Å². The van der Waals surface area contributed by atoms with Crippen molar-refractivity contribution in [2.45, 2.75) is 38.6 Å². The number of likely N-dealkylation sites (tertiary alicyclic amines) is 1. The Labute approximate surface area is 149 Å². The Hall–Kier alpha value is -2.02. The van der Waals surface area contributed by atoms with E-state index in [1.165, 1.54) is 0 Å². The first-order chi connectivity index (χ1) is 11.9. The van der Waals surface area contributed by atoms with E-state index in [1.54, 1.807) is 25.9 Å². The highest BCUT2D eigenvalue weighted by atomic mass is 16.2. The molecule has 1 atom stereocenters. The van der Waals surface area contributed by atoms with Crippen molar-refractivity contribution in [1.82, 2.24) is 24.7 Å². The van der Waals surface area contributed by atoms with Crippen molar-refractivity contribution in [3.05, 3.63) is 23.3 Å². The van der Waals surface area contributed by atoms with Gasteiger partial charge in [-0.2, -0.15) is 0 Å². The Kier molecular flexibility index (Phi) is 5.32. The largest absolute Gasteiger partial charge is 0.348 e. The molecule has 0 N–H and O–H groups in total. The van der Waals surface area contributed by atoms with Gasteiger partial charge in [-0.3, -0.25) is 14.5 Å². The number of likely N-dealkylation sites (N-methyl/N-ethyl adjacent to an activating group) is 1. The number of amides is 2. The van der Waals surface area contributed by atoms with Crippen molar-refractivity contribution in [2.24, 2.45) is 0 Å². The van der Waals surface area contributed by atoms with Crippen LogP contribution in [0.3, 0.4) is 0 Å². The first kappa shape index (κ1) is 17.8. The molecule has 0 saturated carbocycles. The highest BCUT2D eigenvalue weighted by molar-refractivity contribution is 5.77. The summed E-state index contributed by atoms with van der Waals surface area (Å²) in [5, 5.41) is 0. The number of aromatic nitrogens is 2. The topological polar surface area (TPSA) is 69.6 Å². The van der Waals surface area contributed by atoms with Crippen LogP contribution < -0.4 is 0 Å². The minimum absolute atomic E-state index is 0.118. The summed E-state index contributed by atoms with van der Waals surface area (Å²) in [7, 11) is 3.56. The van der Waals surface area contributed by atoms with E-state index in [0.29, 0.717) is 6.54 Å². The Morgan fingerprint density at radius 1 is 1.32 bits per heavy atom. The highest BCUT2D eigenvalue weighted by Crippen LogP contribution is 2.26. The average molecular weight is 345 g/mol. The normalized spacial score (nSPS) is 20.9. The maximum Gasteiger partial charge on any atom is 0.236 e. The van der Waals surface area contributed by atoms with Crippen molar-refractivity contribution in [3.8, 4) is 0 Å². The molecule has 3 heterocycles. The molecule has 0 aromatic carbocycles. The summed E-state index contributed by atoms with van der Waals surface area (Å²) in [6, 6.07) is 0. The van der Waals surface area contributed by atoms with Crippen LogP contribution >= 0.6 is 0 Å². The lowest BCUT2D eigenvalue weighted by Gasteiger charge is -2.32. The fraction of sp³-hybridized carbons (Fsp3) is 0.667. The summed E-state index contributed by atoms with van der Waals surface area (Å²) in [5.41, 5.74) is 2.21. The average Bonchev–Trinajstić information content (AvgIpc) is 2.61. The third-order valence-electron chi connectivity index (χ3n) is 5.12. The van der Waals surface area contributed by atoms with E-state index in [2.05, 4.69) is 9.88 Å². The van der Waals surface area contributed by atoms with E-state index in [1.807, 2.05) is 11.1 Å². The van der Waals surface area contributed by atoms with Crippen LogP contribution in [0.2, 0.25) is 0 Å². The highest BCUT2D eigenvalue weighted by Gasteiger charge is 2.27. The molecular weight excluding hydrogens is 318 g/mol. The summed E-state index contributed by atoms with van der Waals surface area (Å²) in [5.74, 6) is 1.34. The van der Waals surface area contributed by atoms with Gasteiger partial charge in [0.2, 0.25) is 11.8 Å². The number of carbonyl (C=O) groups is 2. The number of nitrogens with zero attached hydrogens (tertiary/aromatic N) is 5. The minimum atomic E-state index is 0.118.